The summed E-state index contributed by atoms with van der Waals surface area (Å²) in [6.45, 7) is 0. The minimum Gasteiger partial charge on any atom is -0.224 e. The van der Waals surface area contributed by atoms with Gasteiger partial charge >= 0.3 is 0 Å². The molecule has 0 spiro atoms. The molecule has 0 heterocycles. The first-order chi connectivity index (χ1) is 7.00. The molecule has 0 fully saturated rings. The molecule has 0 aromatic heterocycles. The summed E-state index contributed by atoms with van der Waals surface area (Å²) < 4.78 is 22.9. The summed E-state index contributed by atoms with van der Waals surface area (Å²) in [6, 6.07) is 7.05. The van der Waals surface area contributed by atoms with Crippen molar-refractivity contribution < 1.29 is 8.42 Å². The molecule has 80 valence electrons. The molecular weight excluding hydrogens is 230 g/mol. The molecule has 0 atom stereocenters. The molecule has 5 heteroatoms. The van der Waals surface area contributed by atoms with Crippen LogP contribution in [0.3, 0.4) is 0 Å². The van der Waals surface area contributed by atoms with E-state index >= 15 is 0 Å². The van der Waals surface area contributed by atoms with Gasteiger partial charge in [0.15, 0.2) is 9.84 Å². The van der Waals surface area contributed by atoms with E-state index in [4.69, 9.17) is 5.26 Å². The Balaban J connectivity index is 3.43. The van der Waals surface area contributed by atoms with E-state index in [0.717, 1.165) is 5.56 Å². The highest BCUT2D eigenvalue weighted by atomic mass is 32.2. The van der Waals surface area contributed by atoms with Gasteiger partial charge in [-0.15, -0.1) is 11.8 Å². The van der Waals surface area contributed by atoms with Crippen LogP contribution < -0.4 is 0 Å². The van der Waals surface area contributed by atoms with Gasteiger partial charge in [0.25, 0.3) is 0 Å². The number of thioether (sulfide) groups is 1. The SMILES string of the molecule is CSc1c(CC#N)cccc1S(C)(=O)=O. The molecule has 1 aromatic carbocycles. The predicted octanol–water partition coefficient (Wildman–Crippen LogP) is 1.88. The molecule has 0 aliphatic heterocycles. The largest absolute Gasteiger partial charge is 0.224 e. The van der Waals surface area contributed by atoms with Gasteiger partial charge in [-0.2, -0.15) is 5.26 Å². The van der Waals surface area contributed by atoms with Crippen molar-refractivity contribution in [3.63, 3.8) is 0 Å². The quantitative estimate of drug-likeness (QED) is 0.758. The van der Waals surface area contributed by atoms with Crippen LogP contribution >= 0.6 is 11.8 Å². The topological polar surface area (TPSA) is 57.9 Å². The predicted molar refractivity (Wildman–Crippen MR) is 60.6 cm³/mol. The fourth-order valence-corrected chi connectivity index (χ4v) is 3.48. The van der Waals surface area contributed by atoms with E-state index in [1.54, 1.807) is 18.2 Å². The Bertz CT molecular complexity index is 501. The number of rotatable bonds is 3. The van der Waals surface area contributed by atoms with Crippen LogP contribution in [0.4, 0.5) is 0 Å². The smallest absolute Gasteiger partial charge is 0.176 e. The van der Waals surface area contributed by atoms with Gasteiger partial charge in [0.2, 0.25) is 0 Å². The number of sulfone groups is 1. The zero-order valence-electron chi connectivity index (χ0n) is 8.52. The fraction of sp³-hybridized carbons (Fsp3) is 0.300. The van der Waals surface area contributed by atoms with Crippen LogP contribution in [-0.2, 0) is 16.3 Å². The molecule has 0 unspecified atom stereocenters. The molecular formula is C10H11NO2S2. The average molecular weight is 241 g/mol. The van der Waals surface area contributed by atoms with Crippen LogP contribution in [0, 0.1) is 11.3 Å². The Morgan fingerprint density at radius 1 is 1.47 bits per heavy atom. The first-order valence-electron chi connectivity index (χ1n) is 4.23. The van der Waals surface area contributed by atoms with E-state index < -0.39 is 9.84 Å². The maximum Gasteiger partial charge on any atom is 0.176 e. The highest BCUT2D eigenvalue weighted by molar-refractivity contribution is 7.99. The zero-order valence-corrected chi connectivity index (χ0v) is 10.2. The minimum absolute atomic E-state index is 0.236. The molecule has 1 rings (SSSR count). The molecule has 0 radical (unpaired) electrons. The lowest BCUT2D eigenvalue weighted by Crippen LogP contribution is -2.01. The van der Waals surface area contributed by atoms with E-state index in [-0.39, 0.29) is 6.42 Å². The second kappa shape index (κ2) is 4.69. The number of nitriles is 1. The maximum absolute atomic E-state index is 11.5. The number of hydrogen-bond acceptors (Lipinski definition) is 4. The lowest BCUT2D eigenvalue weighted by atomic mass is 10.2. The van der Waals surface area contributed by atoms with E-state index in [0.29, 0.717) is 9.79 Å². The summed E-state index contributed by atoms with van der Waals surface area (Å²) in [5.74, 6) is 0. The van der Waals surface area contributed by atoms with E-state index in [1.807, 2.05) is 12.3 Å². The monoisotopic (exact) mass is 241 g/mol. The maximum atomic E-state index is 11.5. The Kier molecular flexibility index (Phi) is 3.77. The van der Waals surface area contributed by atoms with Gasteiger partial charge in [-0.25, -0.2) is 8.42 Å². The fourth-order valence-electron chi connectivity index (χ4n) is 1.31. The standard InChI is InChI=1S/C10H11NO2S2/c1-14-10-8(6-7-11)4-3-5-9(10)15(2,12)13/h3-5H,6H2,1-2H3. The highest BCUT2D eigenvalue weighted by Gasteiger charge is 2.15. The average Bonchev–Trinajstić information content (AvgIpc) is 2.16. The summed E-state index contributed by atoms with van der Waals surface area (Å²) in [7, 11) is -3.22. The summed E-state index contributed by atoms with van der Waals surface area (Å²) in [6.07, 6.45) is 3.22. The van der Waals surface area contributed by atoms with Crippen LogP contribution in [-0.4, -0.2) is 20.9 Å². The Morgan fingerprint density at radius 3 is 2.60 bits per heavy atom. The van der Waals surface area contributed by atoms with Crippen molar-refractivity contribution in [3.05, 3.63) is 23.8 Å². The van der Waals surface area contributed by atoms with Gasteiger partial charge in [0, 0.05) is 11.2 Å². The van der Waals surface area contributed by atoms with E-state index in [2.05, 4.69) is 0 Å². The van der Waals surface area contributed by atoms with Gasteiger partial charge in [-0.05, 0) is 17.9 Å². The molecule has 0 N–H and O–H groups in total. The molecule has 0 aliphatic rings. The second-order valence-electron chi connectivity index (χ2n) is 3.06. The third kappa shape index (κ3) is 2.74. The lowest BCUT2D eigenvalue weighted by molar-refractivity contribution is 0.599. The Hall–Kier alpha value is -0.990. The van der Waals surface area contributed by atoms with Gasteiger partial charge in [-0.3, -0.25) is 0 Å². The van der Waals surface area contributed by atoms with Crippen molar-refractivity contribution in [2.45, 2.75) is 16.2 Å². The summed E-state index contributed by atoms with van der Waals surface area (Å²) in [5.41, 5.74) is 0.771. The van der Waals surface area contributed by atoms with Crippen molar-refractivity contribution in [2.24, 2.45) is 0 Å². The van der Waals surface area contributed by atoms with Gasteiger partial charge in [-0.1, -0.05) is 12.1 Å². The highest BCUT2D eigenvalue weighted by Crippen LogP contribution is 2.28. The summed E-state index contributed by atoms with van der Waals surface area (Å²) in [4.78, 5) is 0.990. The normalized spacial score (nSPS) is 11.0. The van der Waals surface area contributed by atoms with Crippen LogP contribution in [0.2, 0.25) is 0 Å². The van der Waals surface area contributed by atoms with Gasteiger partial charge < -0.3 is 0 Å². The third-order valence-electron chi connectivity index (χ3n) is 1.93. The lowest BCUT2D eigenvalue weighted by Gasteiger charge is -2.08. The summed E-state index contributed by atoms with van der Waals surface area (Å²) in [5, 5.41) is 8.62. The molecule has 0 bridgehead atoms. The number of nitrogens with zero attached hydrogens (tertiary/aromatic N) is 1. The van der Waals surface area contributed by atoms with E-state index in [9.17, 15) is 8.42 Å². The molecule has 0 aliphatic carbocycles. The van der Waals surface area contributed by atoms with Crippen molar-refractivity contribution in [2.75, 3.05) is 12.5 Å². The van der Waals surface area contributed by atoms with Gasteiger partial charge in [0.1, 0.15) is 0 Å². The van der Waals surface area contributed by atoms with Gasteiger partial charge in [0.05, 0.1) is 17.4 Å². The molecule has 1 aromatic rings. The Morgan fingerprint density at radius 2 is 2.13 bits per heavy atom. The molecule has 15 heavy (non-hydrogen) atoms. The molecule has 0 saturated carbocycles. The first-order valence-corrected chi connectivity index (χ1v) is 7.35. The number of hydrogen-bond donors (Lipinski definition) is 0. The number of benzene rings is 1. The summed E-state index contributed by atoms with van der Waals surface area (Å²) >= 11 is 1.36. The Labute approximate surface area is 94.0 Å². The van der Waals surface area contributed by atoms with Crippen molar-refractivity contribution >= 4 is 21.6 Å². The third-order valence-corrected chi connectivity index (χ3v) is 4.09. The van der Waals surface area contributed by atoms with Crippen LogP contribution in [0.25, 0.3) is 0 Å². The minimum atomic E-state index is -3.22. The van der Waals surface area contributed by atoms with Crippen molar-refractivity contribution in [1.82, 2.24) is 0 Å². The van der Waals surface area contributed by atoms with Crippen molar-refractivity contribution in [3.8, 4) is 6.07 Å². The van der Waals surface area contributed by atoms with Crippen molar-refractivity contribution in [1.29, 1.82) is 5.26 Å². The molecule has 0 amide bonds. The second-order valence-corrected chi connectivity index (χ2v) is 5.86. The first kappa shape index (κ1) is 12.1. The molecule has 0 saturated heterocycles. The van der Waals surface area contributed by atoms with Crippen LogP contribution in [0.5, 0.6) is 0 Å². The zero-order chi connectivity index (χ0) is 11.5. The van der Waals surface area contributed by atoms with Crippen LogP contribution in [0.15, 0.2) is 28.0 Å². The molecule has 3 nitrogen and oxygen atoms in total. The van der Waals surface area contributed by atoms with E-state index in [1.165, 1.54) is 18.0 Å². The van der Waals surface area contributed by atoms with Crippen LogP contribution in [0.1, 0.15) is 5.56 Å².